The lowest BCUT2D eigenvalue weighted by Gasteiger charge is -2.32. The summed E-state index contributed by atoms with van der Waals surface area (Å²) in [6.45, 7) is -0.686. The molecule has 0 aliphatic heterocycles. The first-order chi connectivity index (χ1) is 13.5. The highest BCUT2D eigenvalue weighted by Crippen LogP contribution is 2.06. The Morgan fingerprint density at radius 3 is 1.14 bits per heavy atom. The normalized spacial score (nSPS) is 12.3. The summed E-state index contributed by atoms with van der Waals surface area (Å²) >= 11 is 0. The fraction of sp³-hybridized carbons (Fsp3) is 0.688. The molecule has 0 aromatic rings. The van der Waals surface area contributed by atoms with E-state index in [1.165, 1.54) is 4.90 Å². The van der Waals surface area contributed by atoms with Gasteiger partial charge in [0.25, 0.3) is 0 Å². The van der Waals surface area contributed by atoms with E-state index in [0.29, 0.717) is 0 Å². The molecule has 13 heteroatoms. The maximum atomic E-state index is 11.5. The zero-order valence-electron chi connectivity index (χ0n) is 16.1. The molecule has 0 spiro atoms. The smallest absolute Gasteiger partial charge is 0.320 e. The minimum Gasteiger partial charge on any atom is -0.480 e. The van der Waals surface area contributed by atoms with Gasteiger partial charge < -0.3 is 25.5 Å². The van der Waals surface area contributed by atoms with Crippen molar-refractivity contribution in [1.29, 1.82) is 0 Å². The van der Waals surface area contributed by atoms with Gasteiger partial charge in [0, 0.05) is 26.2 Å². The lowest BCUT2D eigenvalue weighted by atomic mass is 10.2. The van der Waals surface area contributed by atoms with Crippen LogP contribution in [0.1, 0.15) is 13.3 Å². The fourth-order valence-corrected chi connectivity index (χ4v) is 2.75. The lowest BCUT2D eigenvalue weighted by molar-refractivity contribution is -0.146. The Bertz CT molecular complexity index is 525. The van der Waals surface area contributed by atoms with Crippen molar-refractivity contribution in [1.82, 2.24) is 14.7 Å². The quantitative estimate of drug-likeness (QED) is 0.175. The van der Waals surface area contributed by atoms with Crippen LogP contribution in [-0.2, 0) is 24.0 Å². The van der Waals surface area contributed by atoms with Crippen LogP contribution in [0.15, 0.2) is 0 Å². The van der Waals surface area contributed by atoms with Gasteiger partial charge in [-0.1, -0.05) is 6.92 Å². The Kier molecular flexibility index (Phi) is 12.1. The first-order valence-corrected chi connectivity index (χ1v) is 8.74. The Morgan fingerprint density at radius 2 is 0.931 bits per heavy atom. The van der Waals surface area contributed by atoms with Crippen molar-refractivity contribution in [2.24, 2.45) is 0 Å². The van der Waals surface area contributed by atoms with Crippen molar-refractivity contribution in [3.8, 4) is 0 Å². The molecule has 0 saturated carbocycles. The van der Waals surface area contributed by atoms with Crippen LogP contribution in [0.4, 0.5) is 0 Å². The van der Waals surface area contributed by atoms with Gasteiger partial charge in [-0.15, -0.1) is 0 Å². The number of carbonyl (C=O) groups is 5. The van der Waals surface area contributed by atoms with Crippen molar-refractivity contribution < 1.29 is 49.5 Å². The lowest BCUT2D eigenvalue weighted by Crippen LogP contribution is -2.49. The number of nitrogens with zero attached hydrogens (tertiary/aromatic N) is 3. The predicted octanol–water partition coefficient (Wildman–Crippen LogP) is -1.91. The molecule has 0 fully saturated rings. The number of carboxylic acids is 5. The van der Waals surface area contributed by atoms with Crippen LogP contribution in [0.5, 0.6) is 0 Å². The molecule has 29 heavy (non-hydrogen) atoms. The highest BCUT2D eigenvalue weighted by atomic mass is 16.4. The summed E-state index contributed by atoms with van der Waals surface area (Å²) in [6.07, 6.45) is 0.186. The molecule has 166 valence electrons. The minimum absolute atomic E-state index is 0.000645. The average Bonchev–Trinajstić information content (AvgIpc) is 2.54. The first-order valence-electron chi connectivity index (χ1n) is 8.74. The molecule has 0 aliphatic carbocycles. The second kappa shape index (κ2) is 13.4. The molecule has 1 atom stereocenters. The largest absolute Gasteiger partial charge is 0.480 e. The third-order valence-electron chi connectivity index (χ3n) is 3.95. The highest BCUT2D eigenvalue weighted by molar-refractivity contribution is 5.74. The van der Waals surface area contributed by atoms with Crippen LogP contribution in [0.25, 0.3) is 0 Å². The van der Waals surface area contributed by atoms with Gasteiger partial charge in [-0.05, 0) is 6.42 Å². The monoisotopic (exact) mass is 421 g/mol. The number of hydrogen-bond acceptors (Lipinski definition) is 8. The van der Waals surface area contributed by atoms with Gasteiger partial charge in [0.2, 0.25) is 0 Å². The molecule has 13 nitrogen and oxygen atoms in total. The molecule has 0 aromatic heterocycles. The Labute approximate surface area is 166 Å². The summed E-state index contributed by atoms with van der Waals surface area (Å²) in [5.41, 5.74) is 0. The Morgan fingerprint density at radius 1 is 0.621 bits per heavy atom. The van der Waals surface area contributed by atoms with Crippen LogP contribution in [-0.4, -0.2) is 128 Å². The van der Waals surface area contributed by atoms with Gasteiger partial charge in [-0.3, -0.25) is 38.7 Å². The molecule has 5 N–H and O–H groups in total. The molecule has 1 unspecified atom stereocenters. The molecule has 0 bridgehead atoms. The van der Waals surface area contributed by atoms with Crippen LogP contribution in [0, 0.1) is 0 Å². The summed E-state index contributed by atoms with van der Waals surface area (Å²) in [5, 5.41) is 45.0. The van der Waals surface area contributed by atoms with E-state index in [1.54, 1.807) is 6.92 Å². The van der Waals surface area contributed by atoms with Crippen molar-refractivity contribution in [2.45, 2.75) is 19.4 Å². The van der Waals surface area contributed by atoms with Gasteiger partial charge in [-0.2, -0.15) is 0 Å². The van der Waals surface area contributed by atoms with E-state index in [4.69, 9.17) is 20.4 Å². The molecule has 0 saturated heterocycles. The molecule has 0 aliphatic rings. The molecule has 0 amide bonds. The highest BCUT2D eigenvalue weighted by Gasteiger charge is 2.26. The van der Waals surface area contributed by atoms with Crippen molar-refractivity contribution >= 4 is 29.8 Å². The molecular formula is C16H27N3O10. The molecule has 0 radical (unpaired) electrons. The number of carboxylic acid groups (broad SMARTS) is 5. The summed E-state index contributed by atoms with van der Waals surface area (Å²) < 4.78 is 0. The zero-order chi connectivity index (χ0) is 22.6. The van der Waals surface area contributed by atoms with Crippen LogP contribution >= 0.6 is 0 Å². The van der Waals surface area contributed by atoms with E-state index < -0.39 is 62.1 Å². The second-order valence-electron chi connectivity index (χ2n) is 6.29. The maximum absolute atomic E-state index is 11.5. The summed E-state index contributed by atoms with van der Waals surface area (Å²) in [7, 11) is 0. The average molecular weight is 421 g/mol. The van der Waals surface area contributed by atoms with Crippen molar-refractivity contribution in [2.75, 3.05) is 52.4 Å². The van der Waals surface area contributed by atoms with E-state index in [1.807, 2.05) is 0 Å². The molecular weight excluding hydrogens is 394 g/mol. The van der Waals surface area contributed by atoms with Gasteiger partial charge >= 0.3 is 29.8 Å². The molecule has 0 heterocycles. The van der Waals surface area contributed by atoms with Gasteiger partial charge in [0.15, 0.2) is 0 Å². The third kappa shape index (κ3) is 12.3. The Hall–Kier alpha value is -2.77. The van der Waals surface area contributed by atoms with Crippen LogP contribution in [0.2, 0.25) is 0 Å². The number of rotatable bonds is 17. The van der Waals surface area contributed by atoms with Crippen molar-refractivity contribution in [3.05, 3.63) is 0 Å². The van der Waals surface area contributed by atoms with Gasteiger partial charge in [0.1, 0.15) is 6.04 Å². The topological polar surface area (TPSA) is 196 Å². The SMILES string of the molecule is CCC(C(=O)O)N(CCN(CC(=O)O)CC(=O)O)CCN(CC(=O)O)CC(=O)O. The van der Waals surface area contributed by atoms with E-state index in [9.17, 15) is 29.1 Å². The van der Waals surface area contributed by atoms with E-state index in [-0.39, 0.29) is 32.6 Å². The second-order valence-corrected chi connectivity index (χ2v) is 6.29. The maximum Gasteiger partial charge on any atom is 0.320 e. The molecule has 0 rings (SSSR count). The number of hydrogen-bond donors (Lipinski definition) is 5. The first kappa shape index (κ1) is 26.2. The van der Waals surface area contributed by atoms with E-state index >= 15 is 0 Å². The van der Waals surface area contributed by atoms with Crippen LogP contribution < -0.4 is 0 Å². The summed E-state index contributed by atoms with van der Waals surface area (Å²) in [4.78, 5) is 58.8. The van der Waals surface area contributed by atoms with E-state index in [0.717, 1.165) is 9.80 Å². The van der Waals surface area contributed by atoms with Gasteiger partial charge in [-0.25, -0.2) is 0 Å². The third-order valence-corrected chi connectivity index (χ3v) is 3.95. The summed E-state index contributed by atoms with van der Waals surface area (Å²) in [5.74, 6) is -6.11. The van der Waals surface area contributed by atoms with Gasteiger partial charge in [0.05, 0.1) is 26.2 Å². The number of aliphatic carboxylic acids is 5. The zero-order valence-corrected chi connectivity index (χ0v) is 16.1. The Balaban J connectivity index is 5.23. The van der Waals surface area contributed by atoms with Crippen LogP contribution in [0.3, 0.4) is 0 Å². The minimum atomic E-state index is -1.24. The predicted molar refractivity (Wildman–Crippen MR) is 96.7 cm³/mol. The summed E-state index contributed by atoms with van der Waals surface area (Å²) in [6, 6.07) is -0.983. The fourth-order valence-electron chi connectivity index (χ4n) is 2.75. The van der Waals surface area contributed by atoms with E-state index in [2.05, 4.69) is 0 Å². The van der Waals surface area contributed by atoms with Crippen molar-refractivity contribution in [3.63, 3.8) is 0 Å². The standard InChI is InChI=1S/C16H27N3O10/c1-2-11(16(28)29)19(5-3-17(7-12(20)21)8-13(22)23)6-4-18(9-14(24)25)10-15(26)27/h11H,2-10H2,1H3,(H,20,21)(H,22,23)(H,24,25)(H,26,27)(H,28,29). The molecule has 0 aromatic carbocycles.